The summed E-state index contributed by atoms with van der Waals surface area (Å²) in [5.74, 6) is 2.02. The van der Waals surface area contributed by atoms with Gasteiger partial charge >= 0.3 is 0 Å². The zero-order valence-electron chi connectivity index (χ0n) is 20.3. The molecule has 1 heterocycles. The van der Waals surface area contributed by atoms with E-state index in [2.05, 4.69) is 61.1 Å². The number of benzene rings is 3. The predicted molar refractivity (Wildman–Crippen MR) is 143 cm³/mol. The molecule has 1 N–H and O–H groups in total. The van der Waals surface area contributed by atoms with Crippen molar-refractivity contribution in [2.24, 2.45) is 0 Å². The molecule has 4 aromatic rings. The molecule has 0 fully saturated rings. The summed E-state index contributed by atoms with van der Waals surface area (Å²) < 4.78 is 8.10. The quantitative estimate of drug-likeness (QED) is 0.209. The molecule has 0 saturated carbocycles. The molecular formula is C28H30N4O2S. The minimum atomic E-state index is -0.0995. The molecule has 4 rings (SSSR count). The average Bonchev–Trinajstić information content (AvgIpc) is 3.23. The molecule has 1 amide bonds. The molecule has 0 aliphatic carbocycles. The van der Waals surface area contributed by atoms with Crippen LogP contribution in [0.4, 0.5) is 5.69 Å². The monoisotopic (exact) mass is 486 g/mol. The number of fused-ring (bicyclic) bond motifs is 1. The Morgan fingerprint density at radius 3 is 2.69 bits per heavy atom. The van der Waals surface area contributed by atoms with Gasteiger partial charge in [-0.25, -0.2) is 0 Å². The summed E-state index contributed by atoms with van der Waals surface area (Å²) in [6, 6.07) is 20.2. The van der Waals surface area contributed by atoms with E-state index in [1.807, 2.05) is 47.0 Å². The Labute approximate surface area is 210 Å². The van der Waals surface area contributed by atoms with Crippen LogP contribution in [0.15, 0.2) is 78.5 Å². The fourth-order valence-corrected chi connectivity index (χ4v) is 4.59. The maximum absolute atomic E-state index is 12.6. The lowest BCUT2D eigenvalue weighted by Crippen LogP contribution is -2.15. The van der Waals surface area contributed by atoms with Gasteiger partial charge < -0.3 is 10.1 Å². The molecule has 0 radical (unpaired) electrons. The van der Waals surface area contributed by atoms with Crippen LogP contribution >= 0.6 is 11.8 Å². The minimum absolute atomic E-state index is 0.0995. The number of nitrogens with one attached hydrogen (secondary N) is 1. The van der Waals surface area contributed by atoms with Crippen LogP contribution in [0.5, 0.6) is 5.75 Å². The van der Waals surface area contributed by atoms with Crippen molar-refractivity contribution >= 4 is 34.1 Å². The Hall–Kier alpha value is -3.58. The maximum Gasteiger partial charge on any atom is 0.234 e. The SMILES string of the molecule is C=CCn1c(COc2cc(C)ccc2C(C)C)nnc1SCC(=O)Nc1ccc2ccccc2c1. The van der Waals surface area contributed by atoms with Crippen LogP contribution in [0.2, 0.25) is 0 Å². The number of hydrogen-bond donors (Lipinski definition) is 1. The van der Waals surface area contributed by atoms with Crippen molar-refractivity contribution in [3.8, 4) is 5.75 Å². The number of ether oxygens (including phenoxy) is 1. The standard InChI is InChI=1S/C28H30N4O2S/c1-5-14-32-26(17-34-25-15-20(4)10-13-24(25)19(2)3)30-31-28(32)35-18-27(33)29-23-12-11-21-8-6-7-9-22(21)16-23/h5-13,15-16,19H,1,14,17-18H2,2-4H3,(H,29,33). The van der Waals surface area contributed by atoms with Gasteiger partial charge in [-0.2, -0.15) is 0 Å². The summed E-state index contributed by atoms with van der Waals surface area (Å²) in [6.07, 6.45) is 1.79. The fraction of sp³-hybridized carbons (Fsp3) is 0.250. The first kappa shape index (κ1) is 24.5. The van der Waals surface area contributed by atoms with Crippen molar-refractivity contribution in [2.45, 2.75) is 45.0 Å². The molecule has 0 atom stereocenters. The van der Waals surface area contributed by atoms with Gasteiger partial charge in [-0.3, -0.25) is 9.36 Å². The van der Waals surface area contributed by atoms with Gasteiger partial charge in [0.25, 0.3) is 0 Å². The van der Waals surface area contributed by atoms with E-state index in [0.717, 1.165) is 33.3 Å². The van der Waals surface area contributed by atoms with E-state index in [-0.39, 0.29) is 18.3 Å². The Morgan fingerprint density at radius 1 is 1.11 bits per heavy atom. The molecule has 0 spiro atoms. The number of aryl methyl sites for hydroxylation is 1. The third kappa shape index (κ3) is 6.11. The molecule has 0 aliphatic rings. The number of thioether (sulfide) groups is 1. The number of aromatic nitrogens is 3. The third-order valence-electron chi connectivity index (χ3n) is 5.62. The molecule has 0 unspecified atom stereocenters. The number of amides is 1. The Bertz CT molecular complexity index is 1350. The van der Waals surface area contributed by atoms with Crippen LogP contribution in [0.1, 0.15) is 36.7 Å². The highest BCUT2D eigenvalue weighted by atomic mass is 32.2. The summed E-state index contributed by atoms with van der Waals surface area (Å²) in [7, 11) is 0. The number of anilines is 1. The summed E-state index contributed by atoms with van der Waals surface area (Å²) in [5.41, 5.74) is 3.08. The number of carbonyl (C=O) groups excluding carboxylic acids is 1. The predicted octanol–water partition coefficient (Wildman–Crippen LogP) is 6.36. The zero-order valence-corrected chi connectivity index (χ0v) is 21.1. The second kappa shape index (κ2) is 11.2. The summed E-state index contributed by atoms with van der Waals surface area (Å²) in [6.45, 7) is 11.0. The summed E-state index contributed by atoms with van der Waals surface area (Å²) >= 11 is 1.34. The molecule has 0 saturated heterocycles. The summed E-state index contributed by atoms with van der Waals surface area (Å²) in [5, 5.41) is 14.5. The number of rotatable bonds is 10. The number of carbonyl (C=O) groups is 1. The molecule has 0 bridgehead atoms. The largest absolute Gasteiger partial charge is 0.485 e. The van der Waals surface area contributed by atoms with Crippen molar-refractivity contribution in [1.29, 1.82) is 0 Å². The lowest BCUT2D eigenvalue weighted by molar-refractivity contribution is -0.113. The van der Waals surface area contributed by atoms with Crippen LogP contribution in [-0.4, -0.2) is 26.4 Å². The van der Waals surface area contributed by atoms with Crippen molar-refractivity contribution < 1.29 is 9.53 Å². The minimum Gasteiger partial charge on any atom is -0.485 e. The van der Waals surface area contributed by atoms with E-state index < -0.39 is 0 Å². The second-order valence-electron chi connectivity index (χ2n) is 8.68. The first-order valence-electron chi connectivity index (χ1n) is 11.6. The van der Waals surface area contributed by atoms with E-state index in [0.29, 0.717) is 23.4 Å². The number of hydrogen-bond acceptors (Lipinski definition) is 5. The zero-order chi connectivity index (χ0) is 24.8. The fourth-order valence-electron chi connectivity index (χ4n) is 3.83. The van der Waals surface area contributed by atoms with E-state index in [1.165, 1.54) is 11.8 Å². The van der Waals surface area contributed by atoms with Crippen LogP contribution in [-0.2, 0) is 17.9 Å². The average molecular weight is 487 g/mol. The lowest BCUT2D eigenvalue weighted by Gasteiger charge is -2.15. The van der Waals surface area contributed by atoms with E-state index >= 15 is 0 Å². The number of nitrogens with zero attached hydrogens (tertiary/aromatic N) is 3. The van der Waals surface area contributed by atoms with Crippen LogP contribution < -0.4 is 10.1 Å². The molecule has 180 valence electrons. The van der Waals surface area contributed by atoms with Crippen LogP contribution in [0.3, 0.4) is 0 Å². The topological polar surface area (TPSA) is 69.0 Å². The Kier molecular flexibility index (Phi) is 7.87. The normalized spacial score (nSPS) is 11.1. The van der Waals surface area contributed by atoms with Crippen LogP contribution in [0.25, 0.3) is 10.8 Å². The Balaban J connectivity index is 1.41. The lowest BCUT2D eigenvalue weighted by atomic mass is 10.0. The van der Waals surface area contributed by atoms with Crippen molar-refractivity contribution in [2.75, 3.05) is 11.1 Å². The van der Waals surface area contributed by atoms with Gasteiger partial charge in [-0.05, 0) is 52.9 Å². The van der Waals surface area contributed by atoms with E-state index in [4.69, 9.17) is 4.74 Å². The van der Waals surface area contributed by atoms with E-state index in [1.54, 1.807) is 6.08 Å². The molecule has 35 heavy (non-hydrogen) atoms. The van der Waals surface area contributed by atoms with Gasteiger partial charge in [-0.15, -0.1) is 16.8 Å². The van der Waals surface area contributed by atoms with Crippen molar-refractivity contribution in [1.82, 2.24) is 14.8 Å². The smallest absolute Gasteiger partial charge is 0.234 e. The molecule has 7 heteroatoms. The third-order valence-corrected chi connectivity index (χ3v) is 6.59. The van der Waals surface area contributed by atoms with Gasteiger partial charge in [0.2, 0.25) is 5.91 Å². The molecule has 3 aromatic carbocycles. The highest BCUT2D eigenvalue weighted by Gasteiger charge is 2.16. The van der Waals surface area contributed by atoms with Gasteiger partial charge in [0.1, 0.15) is 12.4 Å². The number of allylic oxidation sites excluding steroid dienone is 1. The van der Waals surface area contributed by atoms with Crippen molar-refractivity contribution in [3.05, 3.63) is 90.3 Å². The first-order valence-corrected chi connectivity index (χ1v) is 12.6. The highest BCUT2D eigenvalue weighted by molar-refractivity contribution is 7.99. The van der Waals surface area contributed by atoms with Gasteiger partial charge in [0.05, 0.1) is 5.75 Å². The molecule has 0 aliphatic heterocycles. The molecular weight excluding hydrogens is 456 g/mol. The Morgan fingerprint density at radius 2 is 1.91 bits per heavy atom. The highest BCUT2D eigenvalue weighted by Crippen LogP contribution is 2.28. The maximum atomic E-state index is 12.6. The van der Waals surface area contributed by atoms with Crippen molar-refractivity contribution in [3.63, 3.8) is 0 Å². The van der Waals surface area contributed by atoms with Gasteiger partial charge in [0.15, 0.2) is 11.0 Å². The van der Waals surface area contributed by atoms with Gasteiger partial charge in [0, 0.05) is 12.2 Å². The molecule has 1 aromatic heterocycles. The second-order valence-corrected chi connectivity index (χ2v) is 9.62. The molecule has 6 nitrogen and oxygen atoms in total. The van der Waals surface area contributed by atoms with Crippen LogP contribution in [0, 0.1) is 6.92 Å². The first-order chi connectivity index (χ1) is 16.9. The van der Waals surface area contributed by atoms with E-state index in [9.17, 15) is 4.79 Å². The van der Waals surface area contributed by atoms with Gasteiger partial charge in [-0.1, -0.05) is 74.1 Å². The summed E-state index contributed by atoms with van der Waals surface area (Å²) in [4.78, 5) is 12.6.